The lowest BCUT2D eigenvalue weighted by atomic mass is 9.90. The highest BCUT2D eigenvalue weighted by Crippen LogP contribution is 2.41. The van der Waals surface area contributed by atoms with Crippen molar-refractivity contribution in [2.45, 2.75) is 57.1 Å². The van der Waals surface area contributed by atoms with Gasteiger partial charge in [-0.3, -0.25) is 14.2 Å². The van der Waals surface area contributed by atoms with Crippen molar-refractivity contribution in [1.29, 1.82) is 5.26 Å². The number of nitrogens with zero attached hydrogens (tertiary/aromatic N) is 4. The fraction of sp³-hybridized carbons (Fsp3) is 0.476. The van der Waals surface area contributed by atoms with Gasteiger partial charge in [-0.2, -0.15) is 5.26 Å². The fourth-order valence-corrected chi connectivity index (χ4v) is 3.67. The maximum Gasteiger partial charge on any atom is 0.231 e. The third-order valence-corrected chi connectivity index (χ3v) is 6.07. The van der Waals surface area contributed by atoms with Crippen molar-refractivity contribution in [3.8, 4) is 11.8 Å². The highest BCUT2D eigenvalue weighted by molar-refractivity contribution is 7.99. The van der Waals surface area contributed by atoms with Crippen LogP contribution in [0.1, 0.15) is 52.3 Å². The van der Waals surface area contributed by atoms with Crippen molar-refractivity contribution >= 4 is 29.3 Å². The Morgan fingerprint density at radius 1 is 1.37 bits per heavy atom. The first kappa shape index (κ1) is 21.8. The molecule has 1 heterocycles. The molecule has 2 amide bonds. The lowest BCUT2D eigenvalue weighted by Crippen LogP contribution is -2.49. The van der Waals surface area contributed by atoms with Crippen molar-refractivity contribution in [3.05, 3.63) is 30.1 Å². The van der Waals surface area contributed by atoms with Crippen LogP contribution in [-0.2, 0) is 9.59 Å². The summed E-state index contributed by atoms with van der Waals surface area (Å²) in [7, 11) is 0. The summed E-state index contributed by atoms with van der Waals surface area (Å²) in [5, 5.41) is 24.3. The molecule has 1 aromatic carbocycles. The third-order valence-electron chi connectivity index (χ3n) is 5.14. The van der Waals surface area contributed by atoms with Crippen molar-refractivity contribution in [2.24, 2.45) is 5.92 Å². The summed E-state index contributed by atoms with van der Waals surface area (Å²) in [5.41, 5.74) is 0.600. The molecule has 1 atom stereocenters. The molecule has 0 saturated heterocycles. The molecule has 1 aliphatic carbocycles. The molecule has 1 aromatic heterocycles. The zero-order valence-corrected chi connectivity index (χ0v) is 18.4. The smallest absolute Gasteiger partial charge is 0.231 e. The number of nitrogens with one attached hydrogen (secondary N) is 2. The maximum atomic E-state index is 12.5. The summed E-state index contributed by atoms with van der Waals surface area (Å²) in [5.74, 6) is 0.952. The fourth-order valence-electron chi connectivity index (χ4n) is 2.91. The Labute approximate surface area is 180 Å². The number of rotatable bonds is 8. The number of thioether (sulfide) groups is 1. The second-order valence-corrected chi connectivity index (χ2v) is 8.93. The van der Waals surface area contributed by atoms with Gasteiger partial charge >= 0.3 is 0 Å². The number of hydrogen-bond acceptors (Lipinski definition) is 6. The largest absolute Gasteiger partial charge is 0.337 e. The Hall–Kier alpha value is -2.86. The van der Waals surface area contributed by atoms with Crippen LogP contribution in [-0.4, -0.2) is 37.9 Å². The SMILES string of the molecule is CC(=O)Nc1cccc(-n2c(SCC(=O)NC(C)(C#N)C(C)C)nnc2C2CC2)c1. The minimum Gasteiger partial charge on any atom is -0.337 e. The van der Waals surface area contributed by atoms with Crippen LogP contribution in [0.25, 0.3) is 5.69 Å². The van der Waals surface area contributed by atoms with Gasteiger partial charge < -0.3 is 10.6 Å². The highest BCUT2D eigenvalue weighted by atomic mass is 32.2. The molecule has 0 spiro atoms. The lowest BCUT2D eigenvalue weighted by molar-refractivity contribution is -0.120. The average Bonchev–Trinajstić information content (AvgIpc) is 3.45. The van der Waals surface area contributed by atoms with Crippen LogP contribution >= 0.6 is 11.8 Å². The number of aromatic nitrogens is 3. The molecule has 158 valence electrons. The van der Waals surface area contributed by atoms with E-state index < -0.39 is 5.54 Å². The van der Waals surface area contributed by atoms with Gasteiger partial charge in [-0.05, 0) is 43.9 Å². The molecule has 9 heteroatoms. The van der Waals surface area contributed by atoms with Crippen LogP contribution in [0.5, 0.6) is 0 Å². The van der Waals surface area contributed by atoms with Gasteiger partial charge in [0.25, 0.3) is 0 Å². The second kappa shape index (κ2) is 8.88. The van der Waals surface area contributed by atoms with Crippen molar-refractivity contribution in [3.63, 3.8) is 0 Å². The van der Waals surface area contributed by atoms with Gasteiger partial charge in [-0.1, -0.05) is 31.7 Å². The summed E-state index contributed by atoms with van der Waals surface area (Å²) in [4.78, 5) is 23.9. The Balaban J connectivity index is 1.81. The summed E-state index contributed by atoms with van der Waals surface area (Å²) in [6.45, 7) is 6.99. The highest BCUT2D eigenvalue weighted by Gasteiger charge is 2.32. The molecule has 0 aliphatic heterocycles. The van der Waals surface area contributed by atoms with E-state index >= 15 is 0 Å². The van der Waals surface area contributed by atoms with E-state index in [1.165, 1.54) is 18.7 Å². The van der Waals surface area contributed by atoms with Gasteiger partial charge in [0, 0.05) is 18.5 Å². The van der Waals surface area contributed by atoms with E-state index in [1.54, 1.807) is 6.92 Å². The van der Waals surface area contributed by atoms with Crippen molar-refractivity contribution in [1.82, 2.24) is 20.1 Å². The molecule has 1 saturated carbocycles. The minimum atomic E-state index is -0.919. The van der Waals surface area contributed by atoms with Crippen LogP contribution in [0.2, 0.25) is 0 Å². The zero-order valence-electron chi connectivity index (χ0n) is 17.6. The number of benzene rings is 1. The quantitative estimate of drug-likeness (QED) is 0.627. The van der Waals surface area contributed by atoms with Crippen molar-refractivity contribution in [2.75, 3.05) is 11.1 Å². The summed E-state index contributed by atoms with van der Waals surface area (Å²) >= 11 is 1.28. The van der Waals surface area contributed by atoms with Gasteiger partial charge in [-0.25, -0.2) is 0 Å². The van der Waals surface area contributed by atoms with E-state index in [4.69, 9.17) is 0 Å². The topological polar surface area (TPSA) is 113 Å². The summed E-state index contributed by atoms with van der Waals surface area (Å²) < 4.78 is 1.95. The van der Waals surface area contributed by atoms with E-state index in [0.717, 1.165) is 24.4 Å². The van der Waals surface area contributed by atoms with Crippen LogP contribution in [0.15, 0.2) is 29.4 Å². The van der Waals surface area contributed by atoms with Crippen LogP contribution in [0.4, 0.5) is 5.69 Å². The molecule has 3 rings (SSSR count). The number of carbonyl (C=O) groups is 2. The number of carbonyl (C=O) groups excluding carboxylic acids is 2. The second-order valence-electron chi connectivity index (χ2n) is 7.99. The lowest BCUT2D eigenvalue weighted by Gasteiger charge is -2.27. The molecule has 2 N–H and O–H groups in total. The van der Waals surface area contributed by atoms with Crippen LogP contribution in [0, 0.1) is 17.2 Å². The predicted octanol–water partition coefficient (Wildman–Crippen LogP) is 3.25. The van der Waals surface area contributed by atoms with E-state index in [-0.39, 0.29) is 23.5 Å². The number of nitriles is 1. The van der Waals surface area contributed by atoms with Crippen LogP contribution in [0.3, 0.4) is 0 Å². The van der Waals surface area contributed by atoms with Gasteiger partial charge in [0.15, 0.2) is 5.16 Å². The van der Waals surface area contributed by atoms with E-state index in [2.05, 4.69) is 26.9 Å². The molecule has 30 heavy (non-hydrogen) atoms. The maximum absolute atomic E-state index is 12.5. The van der Waals surface area contributed by atoms with Crippen LogP contribution < -0.4 is 10.6 Å². The molecule has 1 aliphatic rings. The first-order valence-electron chi connectivity index (χ1n) is 9.92. The minimum absolute atomic E-state index is 0.0157. The molecular formula is C21H26N6O2S. The number of hydrogen-bond donors (Lipinski definition) is 2. The average molecular weight is 427 g/mol. The monoisotopic (exact) mass is 426 g/mol. The predicted molar refractivity (Wildman–Crippen MR) is 115 cm³/mol. The molecule has 8 nitrogen and oxygen atoms in total. The number of anilines is 1. The first-order chi connectivity index (χ1) is 14.2. The third kappa shape index (κ3) is 5.00. The Bertz CT molecular complexity index is 992. The molecule has 2 aromatic rings. The molecule has 1 unspecified atom stereocenters. The summed E-state index contributed by atoms with van der Waals surface area (Å²) in [6, 6.07) is 9.66. The van der Waals surface area contributed by atoms with E-state index in [9.17, 15) is 14.9 Å². The van der Waals surface area contributed by atoms with Gasteiger partial charge in [-0.15, -0.1) is 10.2 Å². The molecular weight excluding hydrogens is 400 g/mol. The normalized spacial score (nSPS) is 15.3. The van der Waals surface area contributed by atoms with E-state index in [0.29, 0.717) is 16.8 Å². The Kier molecular flexibility index (Phi) is 6.46. The zero-order chi connectivity index (χ0) is 21.9. The molecule has 1 fully saturated rings. The Morgan fingerprint density at radius 2 is 2.10 bits per heavy atom. The molecule has 0 radical (unpaired) electrons. The standard InChI is InChI=1S/C21H26N6O2S/c1-13(2)21(4,12-22)24-18(29)11-30-20-26-25-19(15-8-9-15)27(20)17-7-5-6-16(10-17)23-14(3)28/h5-7,10,13,15H,8-9,11H2,1-4H3,(H,23,28)(H,24,29). The summed E-state index contributed by atoms with van der Waals surface area (Å²) in [6.07, 6.45) is 2.12. The van der Waals surface area contributed by atoms with Gasteiger partial charge in [0.2, 0.25) is 11.8 Å². The van der Waals surface area contributed by atoms with Gasteiger partial charge in [0.05, 0.1) is 17.5 Å². The van der Waals surface area contributed by atoms with E-state index in [1.807, 2.05) is 42.7 Å². The Morgan fingerprint density at radius 3 is 2.70 bits per heavy atom. The van der Waals surface area contributed by atoms with Crippen molar-refractivity contribution < 1.29 is 9.59 Å². The molecule has 0 bridgehead atoms. The first-order valence-corrected chi connectivity index (χ1v) is 10.9. The van der Waals surface area contributed by atoms with Gasteiger partial charge in [0.1, 0.15) is 11.4 Å². The number of amides is 2.